The van der Waals surface area contributed by atoms with Crippen LogP contribution in [0.3, 0.4) is 0 Å². The fourth-order valence-electron chi connectivity index (χ4n) is 1.54. The fraction of sp³-hybridized carbons (Fsp3) is 0.357. The maximum absolute atomic E-state index is 11.2. The molecule has 2 nitrogen and oxygen atoms in total. The molecule has 0 saturated carbocycles. The molecule has 16 heavy (non-hydrogen) atoms. The molecule has 0 N–H and O–H groups in total. The van der Waals surface area contributed by atoms with E-state index in [-0.39, 0.29) is 5.97 Å². The molecule has 1 aromatic carbocycles. The van der Waals surface area contributed by atoms with Gasteiger partial charge in [-0.05, 0) is 24.5 Å². The molecule has 0 aliphatic heterocycles. The number of rotatable bonds is 4. The quantitative estimate of drug-likeness (QED) is 0.572. The second-order valence-corrected chi connectivity index (χ2v) is 3.81. The molecule has 0 saturated heterocycles. The highest BCUT2D eigenvalue weighted by molar-refractivity contribution is 5.91. The van der Waals surface area contributed by atoms with Crippen molar-refractivity contribution in [3.63, 3.8) is 0 Å². The maximum atomic E-state index is 11.2. The number of hydrogen-bond donors (Lipinski definition) is 0. The van der Waals surface area contributed by atoms with Crippen molar-refractivity contribution in [2.24, 2.45) is 0 Å². The number of benzene rings is 1. The van der Waals surface area contributed by atoms with Crippen LogP contribution in [0, 0.1) is 6.92 Å². The van der Waals surface area contributed by atoms with Crippen molar-refractivity contribution in [1.82, 2.24) is 0 Å². The summed E-state index contributed by atoms with van der Waals surface area (Å²) in [6.07, 6.45) is 3.48. The molecular formula is C14H18O2. The first-order valence-electron chi connectivity index (χ1n) is 5.53. The Morgan fingerprint density at radius 3 is 2.44 bits per heavy atom. The van der Waals surface area contributed by atoms with E-state index >= 15 is 0 Å². The van der Waals surface area contributed by atoms with E-state index in [1.807, 2.05) is 19.1 Å². The van der Waals surface area contributed by atoms with E-state index in [2.05, 4.69) is 23.8 Å². The van der Waals surface area contributed by atoms with Crippen molar-refractivity contribution in [1.29, 1.82) is 0 Å². The average Bonchev–Trinajstić information content (AvgIpc) is 2.29. The Kier molecular flexibility index (Phi) is 4.77. The highest BCUT2D eigenvalue weighted by Crippen LogP contribution is 2.20. The number of carbonyl (C=O) groups is 1. The van der Waals surface area contributed by atoms with Crippen molar-refractivity contribution < 1.29 is 9.53 Å². The molecule has 0 radical (unpaired) electrons. The van der Waals surface area contributed by atoms with Gasteiger partial charge in [0, 0.05) is 6.08 Å². The van der Waals surface area contributed by atoms with Crippen LogP contribution in [-0.4, -0.2) is 13.1 Å². The second-order valence-electron chi connectivity index (χ2n) is 3.81. The zero-order chi connectivity index (χ0) is 12.0. The largest absolute Gasteiger partial charge is 0.466 e. The summed E-state index contributed by atoms with van der Waals surface area (Å²) in [6, 6.07) is 8.19. The van der Waals surface area contributed by atoms with Gasteiger partial charge >= 0.3 is 5.97 Å². The van der Waals surface area contributed by atoms with Crippen LogP contribution in [0.2, 0.25) is 0 Å². The van der Waals surface area contributed by atoms with Gasteiger partial charge in [-0.1, -0.05) is 43.2 Å². The number of methoxy groups -OCH3 is 1. The Bertz CT molecular complexity index is 374. The van der Waals surface area contributed by atoms with E-state index in [1.165, 1.54) is 12.7 Å². The monoisotopic (exact) mass is 218 g/mol. The summed E-state index contributed by atoms with van der Waals surface area (Å²) in [5.41, 5.74) is 3.35. The van der Waals surface area contributed by atoms with Crippen LogP contribution in [0.1, 0.15) is 30.9 Å². The third-order valence-corrected chi connectivity index (χ3v) is 2.43. The molecule has 0 bridgehead atoms. The van der Waals surface area contributed by atoms with E-state index < -0.39 is 0 Å². The minimum atomic E-state index is -0.288. The van der Waals surface area contributed by atoms with E-state index in [1.54, 1.807) is 6.08 Å². The number of allylic oxidation sites excluding steroid dienone is 1. The van der Waals surface area contributed by atoms with Gasteiger partial charge in [-0.3, -0.25) is 0 Å². The van der Waals surface area contributed by atoms with E-state index in [0.29, 0.717) is 0 Å². The molecule has 1 aromatic rings. The standard InChI is InChI=1S/C14H18O2/c1-4-5-13(10-14(15)16-3)12-8-6-11(2)7-9-12/h6-10H,4-5H2,1-3H3. The van der Waals surface area contributed by atoms with Gasteiger partial charge in [0.05, 0.1) is 7.11 Å². The summed E-state index contributed by atoms with van der Waals surface area (Å²) in [5.74, 6) is -0.288. The van der Waals surface area contributed by atoms with E-state index in [0.717, 1.165) is 24.0 Å². The first-order valence-corrected chi connectivity index (χ1v) is 5.53. The van der Waals surface area contributed by atoms with Gasteiger partial charge in [0.15, 0.2) is 0 Å². The Hall–Kier alpha value is -1.57. The lowest BCUT2D eigenvalue weighted by molar-refractivity contribution is -0.134. The Morgan fingerprint density at radius 1 is 1.31 bits per heavy atom. The molecule has 0 unspecified atom stereocenters. The van der Waals surface area contributed by atoms with Gasteiger partial charge in [-0.25, -0.2) is 4.79 Å². The highest BCUT2D eigenvalue weighted by atomic mass is 16.5. The number of aryl methyl sites for hydroxylation is 1. The molecule has 86 valence electrons. The number of carbonyl (C=O) groups excluding carboxylic acids is 1. The third-order valence-electron chi connectivity index (χ3n) is 2.43. The molecule has 0 heterocycles. The van der Waals surface area contributed by atoms with Crippen LogP contribution in [0.5, 0.6) is 0 Å². The smallest absolute Gasteiger partial charge is 0.330 e. The summed E-state index contributed by atoms with van der Waals surface area (Å²) in [4.78, 5) is 11.2. The lowest BCUT2D eigenvalue weighted by Crippen LogP contribution is -1.97. The molecule has 0 aliphatic carbocycles. The Balaban J connectivity index is 2.97. The molecule has 2 heteroatoms. The van der Waals surface area contributed by atoms with Crippen LogP contribution in [0.25, 0.3) is 5.57 Å². The first-order chi connectivity index (χ1) is 7.67. The topological polar surface area (TPSA) is 26.3 Å². The maximum Gasteiger partial charge on any atom is 0.330 e. The summed E-state index contributed by atoms with van der Waals surface area (Å²) in [5, 5.41) is 0. The van der Waals surface area contributed by atoms with Crippen molar-refractivity contribution in [3.05, 3.63) is 41.5 Å². The summed E-state index contributed by atoms with van der Waals surface area (Å²) >= 11 is 0. The van der Waals surface area contributed by atoms with Gasteiger partial charge in [-0.15, -0.1) is 0 Å². The summed E-state index contributed by atoms with van der Waals surface area (Å²) in [6.45, 7) is 4.15. The number of ether oxygens (including phenoxy) is 1. The minimum absolute atomic E-state index is 0.288. The Morgan fingerprint density at radius 2 is 1.94 bits per heavy atom. The summed E-state index contributed by atoms with van der Waals surface area (Å²) in [7, 11) is 1.40. The average molecular weight is 218 g/mol. The lowest BCUT2D eigenvalue weighted by atomic mass is 10.00. The molecule has 0 atom stereocenters. The van der Waals surface area contributed by atoms with Crippen LogP contribution >= 0.6 is 0 Å². The second kappa shape index (κ2) is 6.11. The zero-order valence-corrected chi connectivity index (χ0v) is 10.1. The van der Waals surface area contributed by atoms with Crippen molar-refractivity contribution in [2.45, 2.75) is 26.7 Å². The molecule has 1 rings (SSSR count). The molecular weight excluding hydrogens is 200 g/mol. The van der Waals surface area contributed by atoms with Gasteiger partial charge in [0.2, 0.25) is 0 Å². The summed E-state index contributed by atoms with van der Waals surface area (Å²) < 4.78 is 4.66. The number of esters is 1. The van der Waals surface area contributed by atoms with Crippen LogP contribution in [-0.2, 0) is 9.53 Å². The SMILES string of the molecule is CCCC(=CC(=O)OC)c1ccc(C)cc1. The molecule has 0 amide bonds. The van der Waals surface area contributed by atoms with Crippen LogP contribution < -0.4 is 0 Å². The molecule has 0 aromatic heterocycles. The Labute approximate surface area is 96.9 Å². The van der Waals surface area contributed by atoms with Gasteiger partial charge in [-0.2, -0.15) is 0 Å². The van der Waals surface area contributed by atoms with Gasteiger partial charge in [0.25, 0.3) is 0 Å². The molecule has 0 spiro atoms. The molecule has 0 fully saturated rings. The minimum Gasteiger partial charge on any atom is -0.466 e. The number of hydrogen-bond acceptors (Lipinski definition) is 2. The normalized spacial score (nSPS) is 11.3. The highest BCUT2D eigenvalue weighted by Gasteiger charge is 2.04. The lowest BCUT2D eigenvalue weighted by Gasteiger charge is -2.06. The van der Waals surface area contributed by atoms with Gasteiger partial charge < -0.3 is 4.74 Å². The van der Waals surface area contributed by atoms with Crippen LogP contribution in [0.4, 0.5) is 0 Å². The van der Waals surface area contributed by atoms with Crippen molar-refractivity contribution in [2.75, 3.05) is 7.11 Å². The third kappa shape index (κ3) is 3.54. The predicted octanol–water partition coefficient (Wildman–Crippen LogP) is 3.35. The van der Waals surface area contributed by atoms with Crippen molar-refractivity contribution >= 4 is 11.5 Å². The van der Waals surface area contributed by atoms with E-state index in [9.17, 15) is 4.79 Å². The van der Waals surface area contributed by atoms with Crippen molar-refractivity contribution in [3.8, 4) is 0 Å². The van der Waals surface area contributed by atoms with E-state index in [4.69, 9.17) is 0 Å². The first kappa shape index (κ1) is 12.5. The molecule has 0 aliphatic rings. The van der Waals surface area contributed by atoms with Gasteiger partial charge in [0.1, 0.15) is 0 Å². The predicted molar refractivity (Wildman–Crippen MR) is 66.1 cm³/mol. The zero-order valence-electron chi connectivity index (χ0n) is 10.1. The van der Waals surface area contributed by atoms with Crippen LogP contribution in [0.15, 0.2) is 30.3 Å². The fourth-order valence-corrected chi connectivity index (χ4v) is 1.54.